The molecule has 5 heteroatoms. The second-order valence-electron chi connectivity index (χ2n) is 7.12. The van der Waals surface area contributed by atoms with Crippen molar-refractivity contribution >= 4 is 5.97 Å². The number of hydrogen-bond donors (Lipinski definition) is 3. The molecule has 0 aromatic rings. The Balaban J connectivity index is 2.10. The van der Waals surface area contributed by atoms with Crippen LogP contribution in [0.15, 0.2) is 0 Å². The molecular weight excluding hydrogens is 260 g/mol. The molecule has 3 N–H and O–H groups in total. The second kappa shape index (κ2) is 4.42. The van der Waals surface area contributed by atoms with Crippen molar-refractivity contribution in [3.8, 4) is 0 Å². The second-order valence-corrected chi connectivity index (χ2v) is 7.12. The number of carbonyl (C=O) groups is 1. The van der Waals surface area contributed by atoms with Gasteiger partial charge >= 0.3 is 5.97 Å². The lowest BCUT2D eigenvalue weighted by Gasteiger charge is -2.44. The van der Waals surface area contributed by atoms with E-state index >= 15 is 0 Å². The van der Waals surface area contributed by atoms with Gasteiger partial charge in [0.1, 0.15) is 6.10 Å². The van der Waals surface area contributed by atoms with Gasteiger partial charge in [-0.3, -0.25) is 4.79 Å². The van der Waals surface area contributed by atoms with E-state index in [1.807, 2.05) is 6.92 Å². The summed E-state index contributed by atoms with van der Waals surface area (Å²) in [6, 6.07) is 0. The van der Waals surface area contributed by atoms with Gasteiger partial charge in [0.25, 0.3) is 0 Å². The largest absolute Gasteiger partial charge is 0.461 e. The van der Waals surface area contributed by atoms with Crippen LogP contribution in [0.1, 0.15) is 39.5 Å². The molecule has 1 aliphatic heterocycles. The van der Waals surface area contributed by atoms with E-state index in [1.54, 1.807) is 6.92 Å². The number of aliphatic hydroxyl groups excluding tert-OH is 2. The number of ether oxygens (including phenoxy) is 1. The maximum atomic E-state index is 11.9. The van der Waals surface area contributed by atoms with Gasteiger partial charge in [0.2, 0.25) is 0 Å². The first-order chi connectivity index (χ1) is 9.34. The molecule has 3 fully saturated rings. The van der Waals surface area contributed by atoms with E-state index in [9.17, 15) is 20.1 Å². The fraction of sp³-hybridized carbons (Fsp3) is 0.933. The Bertz CT molecular complexity index is 420. The third-order valence-corrected chi connectivity index (χ3v) is 6.18. The van der Waals surface area contributed by atoms with Gasteiger partial charge in [-0.2, -0.15) is 0 Å². The molecular formula is C15H24O5. The Kier molecular flexibility index (Phi) is 3.16. The number of hydrogen-bond acceptors (Lipinski definition) is 5. The topological polar surface area (TPSA) is 87.0 Å². The molecule has 3 rings (SSSR count). The molecule has 3 aliphatic rings. The van der Waals surface area contributed by atoms with Gasteiger partial charge in [-0.05, 0) is 32.6 Å². The van der Waals surface area contributed by atoms with Crippen LogP contribution in [0.25, 0.3) is 0 Å². The summed E-state index contributed by atoms with van der Waals surface area (Å²) in [5, 5.41) is 31.3. The monoisotopic (exact) mass is 284 g/mol. The van der Waals surface area contributed by atoms with Gasteiger partial charge in [0.05, 0.1) is 29.6 Å². The third kappa shape index (κ3) is 1.63. The van der Waals surface area contributed by atoms with Crippen LogP contribution in [0.3, 0.4) is 0 Å². The molecule has 5 nitrogen and oxygen atoms in total. The highest BCUT2D eigenvalue weighted by Gasteiger charge is 2.66. The zero-order chi connectivity index (χ0) is 14.7. The molecule has 0 aromatic heterocycles. The molecule has 7 atom stereocenters. The molecule has 0 radical (unpaired) electrons. The van der Waals surface area contributed by atoms with Crippen LogP contribution in [-0.2, 0) is 9.53 Å². The van der Waals surface area contributed by atoms with E-state index in [0.717, 1.165) is 0 Å². The predicted molar refractivity (Wildman–Crippen MR) is 70.6 cm³/mol. The predicted octanol–water partition coefficient (Wildman–Crippen LogP) is 0.458. The van der Waals surface area contributed by atoms with Crippen LogP contribution in [0.2, 0.25) is 0 Å². The van der Waals surface area contributed by atoms with Gasteiger partial charge < -0.3 is 20.1 Å². The normalized spacial score (nSPS) is 55.0. The Morgan fingerprint density at radius 2 is 2.05 bits per heavy atom. The summed E-state index contributed by atoms with van der Waals surface area (Å²) < 4.78 is 5.56. The maximum absolute atomic E-state index is 11.9. The van der Waals surface area contributed by atoms with E-state index < -0.39 is 23.2 Å². The Labute approximate surface area is 118 Å². The highest BCUT2D eigenvalue weighted by Crippen LogP contribution is 2.59. The summed E-state index contributed by atoms with van der Waals surface area (Å²) >= 11 is 0. The fourth-order valence-corrected chi connectivity index (χ4v) is 4.98. The molecule has 1 heterocycles. The minimum Gasteiger partial charge on any atom is -0.461 e. The van der Waals surface area contributed by atoms with Crippen molar-refractivity contribution in [3.05, 3.63) is 0 Å². The fourth-order valence-electron chi connectivity index (χ4n) is 4.98. The first kappa shape index (κ1) is 14.3. The lowest BCUT2D eigenvalue weighted by molar-refractivity contribution is -0.171. The van der Waals surface area contributed by atoms with Gasteiger partial charge in [0.15, 0.2) is 0 Å². The quantitative estimate of drug-likeness (QED) is 0.609. The summed E-state index contributed by atoms with van der Waals surface area (Å²) in [7, 11) is 0. The number of fused-ring (bicyclic) bond motifs is 3. The summed E-state index contributed by atoms with van der Waals surface area (Å²) in [5.74, 6) is -0.736. The maximum Gasteiger partial charge on any atom is 0.309 e. The van der Waals surface area contributed by atoms with Gasteiger partial charge in [-0.1, -0.05) is 6.92 Å². The van der Waals surface area contributed by atoms with Crippen LogP contribution in [-0.4, -0.2) is 45.7 Å². The Hall–Kier alpha value is -0.650. The van der Waals surface area contributed by atoms with Crippen LogP contribution < -0.4 is 0 Å². The van der Waals surface area contributed by atoms with Crippen LogP contribution in [0, 0.1) is 23.2 Å². The zero-order valence-electron chi connectivity index (χ0n) is 12.1. The van der Waals surface area contributed by atoms with Crippen LogP contribution in [0.5, 0.6) is 0 Å². The molecule has 0 unspecified atom stereocenters. The molecule has 2 aliphatic carbocycles. The van der Waals surface area contributed by atoms with E-state index in [4.69, 9.17) is 4.74 Å². The van der Waals surface area contributed by atoms with Crippen molar-refractivity contribution in [2.24, 2.45) is 23.2 Å². The molecule has 2 saturated carbocycles. The molecule has 20 heavy (non-hydrogen) atoms. The van der Waals surface area contributed by atoms with E-state index in [0.29, 0.717) is 25.7 Å². The van der Waals surface area contributed by atoms with Crippen LogP contribution in [0.4, 0.5) is 0 Å². The smallest absolute Gasteiger partial charge is 0.309 e. The minimum absolute atomic E-state index is 0.0288. The van der Waals surface area contributed by atoms with Crippen molar-refractivity contribution in [1.29, 1.82) is 0 Å². The highest BCUT2D eigenvalue weighted by atomic mass is 16.6. The van der Waals surface area contributed by atoms with Crippen molar-refractivity contribution < 1.29 is 24.9 Å². The Morgan fingerprint density at radius 3 is 2.70 bits per heavy atom. The first-order valence-electron chi connectivity index (χ1n) is 7.56. The van der Waals surface area contributed by atoms with Gasteiger partial charge in [0, 0.05) is 11.8 Å². The third-order valence-electron chi connectivity index (χ3n) is 6.18. The van der Waals surface area contributed by atoms with Crippen molar-refractivity contribution in [1.82, 2.24) is 0 Å². The zero-order valence-corrected chi connectivity index (χ0v) is 12.1. The van der Waals surface area contributed by atoms with Crippen molar-refractivity contribution in [2.75, 3.05) is 6.61 Å². The number of rotatable bonds is 1. The van der Waals surface area contributed by atoms with E-state index in [-0.39, 0.29) is 30.3 Å². The summed E-state index contributed by atoms with van der Waals surface area (Å²) in [5.41, 5.74) is -1.85. The minimum atomic E-state index is -0.934. The first-order valence-corrected chi connectivity index (χ1v) is 7.56. The number of aliphatic hydroxyl groups is 3. The average molecular weight is 284 g/mol. The van der Waals surface area contributed by atoms with Crippen molar-refractivity contribution in [3.63, 3.8) is 0 Å². The van der Waals surface area contributed by atoms with Crippen molar-refractivity contribution in [2.45, 2.75) is 57.3 Å². The molecule has 0 spiro atoms. The van der Waals surface area contributed by atoms with Crippen LogP contribution >= 0.6 is 0 Å². The summed E-state index contributed by atoms with van der Waals surface area (Å²) in [4.78, 5) is 11.9. The molecule has 0 aromatic carbocycles. The summed E-state index contributed by atoms with van der Waals surface area (Å²) in [6.45, 7) is 3.37. The number of carbonyl (C=O) groups excluding carboxylic acids is 1. The Morgan fingerprint density at radius 1 is 1.35 bits per heavy atom. The average Bonchev–Trinajstić information content (AvgIpc) is 2.84. The lowest BCUT2D eigenvalue weighted by atomic mass is 9.65. The molecule has 114 valence electrons. The van der Waals surface area contributed by atoms with Gasteiger partial charge in [-0.15, -0.1) is 0 Å². The highest BCUT2D eigenvalue weighted by molar-refractivity contribution is 5.75. The molecule has 0 amide bonds. The molecule has 1 saturated heterocycles. The van der Waals surface area contributed by atoms with E-state index in [1.165, 1.54) is 0 Å². The SMILES string of the molecule is C[C@@H]1C(=O)O[C@@H]2[C@H]1CC[C@@](C)(O)[C@@H]1CC[C@H](O)[C@@]21CO. The number of esters is 1. The summed E-state index contributed by atoms with van der Waals surface area (Å²) in [6.07, 6.45) is 1.25. The van der Waals surface area contributed by atoms with Gasteiger partial charge in [-0.25, -0.2) is 0 Å². The lowest BCUT2D eigenvalue weighted by Crippen LogP contribution is -2.55. The standard InChI is InChI=1S/C15H24O5/c1-8-9-5-6-14(2,19)10-3-4-11(17)15(10,7-16)12(9)20-13(8)18/h8-12,16-17,19H,3-7H2,1-2H3/t8-,9-,10-,11-,12+,14+,15-/m0/s1. The molecule has 0 bridgehead atoms. The van der Waals surface area contributed by atoms with E-state index in [2.05, 4.69) is 0 Å².